The van der Waals surface area contributed by atoms with Gasteiger partial charge in [-0.25, -0.2) is 0 Å². The molecule has 0 aliphatic carbocycles. The quantitative estimate of drug-likeness (QED) is 0.152. The first-order valence-corrected chi connectivity index (χ1v) is 17.9. The number of carbonyl (C=O) groups excluding carboxylic acids is 1. The van der Waals surface area contributed by atoms with Crippen molar-refractivity contribution < 1.29 is 33.2 Å². The van der Waals surface area contributed by atoms with E-state index in [0.717, 1.165) is 80.1 Å². The number of ether oxygens (including phenoxy) is 6. The fraction of sp³-hybridized carbons (Fsp3) is 0.718. The fourth-order valence-corrected chi connectivity index (χ4v) is 8.18. The van der Waals surface area contributed by atoms with E-state index in [1.54, 1.807) is 7.11 Å². The van der Waals surface area contributed by atoms with Crippen LogP contribution in [0.4, 0.5) is 0 Å². The van der Waals surface area contributed by atoms with E-state index >= 15 is 0 Å². The predicted octanol–water partition coefficient (Wildman–Crippen LogP) is 7.79. The summed E-state index contributed by atoms with van der Waals surface area (Å²) in [5, 5.41) is 0. The van der Waals surface area contributed by atoms with Gasteiger partial charge in [0.25, 0.3) is 0 Å². The zero-order valence-electron chi connectivity index (χ0n) is 28.9. The summed E-state index contributed by atoms with van der Waals surface area (Å²) in [6, 6.07) is 8.08. The van der Waals surface area contributed by atoms with Gasteiger partial charge in [0.1, 0.15) is 12.0 Å². The molecule has 12 atom stereocenters. The van der Waals surface area contributed by atoms with Gasteiger partial charge in [0, 0.05) is 18.8 Å². The van der Waals surface area contributed by atoms with Crippen molar-refractivity contribution >= 4 is 6.29 Å². The molecule has 4 heterocycles. The fourth-order valence-electron chi connectivity index (χ4n) is 8.18. The Morgan fingerprint density at radius 2 is 1.65 bits per heavy atom. The van der Waals surface area contributed by atoms with Gasteiger partial charge in [-0.3, -0.25) is 0 Å². The minimum atomic E-state index is -0.135. The van der Waals surface area contributed by atoms with Crippen LogP contribution in [0, 0.1) is 17.8 Å². The number of aldehydes is 1. The van der Waals surface area contributed by atoms with E-state index < -0.39 is 0 Å². The van der Waals surface area contributed by atoms with E-state index in [0.29, 0.717) is 31.3 Å². The summed E-state index contributed by atoms with van der Waals surface area (Å²) in [4.78, 5) is 10.8. The number of hydrogen-bond acceptors (Lipinski definition) is 7. The molecule has 46 heavy (non-hydrogen) atoms. The molecule has 7 nitrogen and oxygen atoms in total. The molecule has 7 heteroatoms. The molecule has 0 spiro atoms. The van der Waals surface area contributed by atoms with Crippen molar-refractivity contribution in [3.8, 4) is 5.75 Å². The molecule has 0 amide bonds. The van der Waals surface area contributed by atoms with Gasteiger partial charge in [-0.15, -0.1) is 0 Å². The highest BCUT2D eigenvalue weighted by Gasteiger charge is 2.50. The maximum Gasteiger partial charge on any atom is 0.120 e. The largest absolute Gasteiger partial charge is 0.497 e. The lowest BCUT2D eigenvalue weighted by atomic mass is 9.78. The van der Waals surface area contributed by atoms with Gasteiger partial charge < -0.3 is 33.2 Å². The topological polar surface area (TPSA) is 72.5 Å². The van der Waals surface area contributed by atoms with Gasteiger partial charge in [0.2, 0.25) is 0 Å². The molecule has 4 aliphatic heterocycles. The molecule has 4 unspecified atom stereocenters. The summed E-state index contributed by atoms with van der Waals surface area (Å²) in [5.41, 5.74) is 3.39. The number of hydrogen-bond donors (Lipinski definition) is 0. The van der Waals surface area contributed by atoms with Gasteiger partial charge in [0.05, 0.1) is 68.7 Å². The SMILES string of the molecule is C=C1C[C@H](CCC=O)OC1CC[C@H]1C[C@@H](C)C(=C)[C@@H](CC2OC3CC(C)[C@@H](CCC)O[C@H]3[C@H](C)[C@H]2OCc2ccc(OC)cc2)O1. The molecule has 1 aromatic rings. The van der Waals surface area contributed by atoms with Crippen molar-refractivity contribution in [2.75, 3.05) is 7.11 Å². The van der Waals surface area contributed by atoms with Crippen LogP contribution in [0.5, 0.6) is 5.75 Å². The van der Waals surface area contributed by atoms with Crippen LogP contribution in [0.3, 0.4) is 0 Å². The van der Waals surface area contributed by atoms with E-state index in [9.17, 15) is 4.79 Å². The summed E-state index contributed by atoms with van der Waals surface area (Å²) >= 11 is 0. The van der Waals surface area contributed by atoms with Crippen molar-refractivity contribution in [1.29, 1.82) is 0 Å². The molecular weight excluding hydrogens is 580 g/mol. The van der Waals surface area contributed by atoms with Crippen molar-refractivity contribution in [2.24, 2.45) is 17.8 Å². The van der Waals surface area contributed by atoms with Crippen LogP contribution in [0.25, 0.3) is 0 Å². The molecular formula is C39H58O7. The zero-order chi connectivity index (χ0) is 32.8. The zero-order valence-corrected chi connectivity index (χ0v) is 28.9. The van der Waals surface area contributed by atoms with Crippen LogP contribution in [0.1, 0.15) is 97.5 Å². The minimum Gasteiger partial charge on any atom is -0.497 e. The molecule has 256 valence electrons. The first kappa shape index (κ1) is 35.3. The van der Waals surface area contributed by atoms with Gasteiger partial charge in [0.15, 0.2) is 0 Å². The van der Waals surface area contributed by atoms with E-state index in [2.05, 4.69) is 53.0 Å². The monoisotopic (exact) mass is 638 g/mol. The second-order valence-electron chi connectivity index (χ2n) is 14.5. The van der Waals surface area contributed by atoms with Gasteiger partial charge >= 0.3 is 0 Å². The Morgan fingerprint density at radius 1 is 0.891 bits per heavy atom. The number of fused-ring (bicyclic) bond motifs is 1. The minimum absolute atomic E-state index is 0.0156. The molecule has 0 radical (unpaired) electrons. The lowest BCUT2D eigenvalue weighted by Gasteiger charge is -2.51. The highest BCUT2D eigenvalue weighted by atomic mass is 16.6. The summed E-state index contributed by atoms with van der Waals surface area (Å²) in [6.45, 7) is 18.4. The molecule has 5 rings (SSSR count). The Balaban J connectivity index is 1.26. The Labute approximate surface area is 277 Å². The van der Waals surface area contributed by atoms with Crippen LogP contribution < -0.4 is 4.74 Å². The number of methoxy groups -OCH3 is 1. The standard InChI is InChI=1S/C39H58O7/c1-8-10-33-26(4)21-36-39(46-33)28(6)38(42-23-29-12-14-30(41-7)15-13-29)37(45-36)22-35-27(5)24(2)19-32(44-35)16-17-34-25(3)20-31(43-34)11-9-18-40/h12-15,18,24,26,28,31-39H,3,5,8-11,16-17,19-23H2,1-2,4,6-7H3/t24-,26?,28-,31+,32+,33-,34?,35-,36?,37?,38-,39+/m1/s1. The molecule has 4 aliphatic rings. The summed E-state index contributed by atoms with van der Waals surface area (Å²) < 4.78 is 38.9. The molecule has 0 bridgehead atoms. The van der Waals surface area contributed by atoms with Crippen molar-refractivity contribution in [3.05, 3.63) is 54.1 Å². The van der Waals surface area contributed by atoms with Crippen molar-refractivity contribution in [2.45, 2.75) is 153 Å². The van der Waals surface area contributed by atoms with Crippen molar-refractivity contribution in [1.82, 2.24) is 0 Å². The Morgan fingerprint density at radius 3 is 2.37 bits per heavy atom. The maximum absolute atomic E-state index is 10.8. The lowest BCUT2D eigenvalue weighted by Crippen LogP contribution is -2.59. The van der Waals surface area contributed by atoms with Crippen LogP contribution in [0.15, 0.2) is 48.6 Å². The van der Waals surface area contributed by atoms with Gasteiger partial charge in [-0.2, -0.15) is 0 Å². The van der Waals surface area contributed by atoms with Gasteiger partial charge in [-0.05, 0) is 85.6 Å². The molecule has 4 fully saturated rings. The highest BCUT2D eigenvalue weighted by Crippen LogP contribution is 2.43. The molecule has 4 saturated heterocycles. The first-order chi connectivity index (χ1) is 22.2. The van der Waals surface area contributed by atoms with E-state index in [1.807, 2.05) is 12.1 Å². The van der Waals surface area contributed by atoms with Crippen LogP contribution in [0.2, 0.25) is 0 Å². The van der Waals surface area contributed by atoms with Crippen LogP contribution in [-0.4, -0.2) is 68.3 Å². The highest BCUT2D eigenvalue weighted by molar-refractivity contribution is 5.49. The third kappa shape index (κ3) is 8.51. The van der Waals surface area contributed by atoms with E-state index in [-0.39, 0.29) is 60.9 Å². The van der Waals surface area contributed by atoms with Crippen molar-refractivity contribution in [3.63, 3.8) is 0 Å². The third-order valence-electron chi connectivity index (χ3n) is 11.0. The molecule has 0 saturated carbocycles. The van der Waals surface area contributed by atoms with Gasteiger partial charge in [-0.1, -0.05) is 59.4 Å². The summed E-state index contributed by atoms with van der Waals surface area (Å²) in [6.07, 6.45) is 10.0. The molecule has 1 aromatic carbocycles. The Bertz CT molecular complexity index is 1150. The maximum atomic E-state index is 10.8. The lowest BCUT2D eigenvalue weighted by molar-refractivity contribution is -0.269. The number of carbonyl (C=O) groups is 1. The molecule has 0 aromatic heterocycles. The van der Waals surface area contributed by atoms with E-state index in [4.69, 9.17) is 28.4 Å². The Hall–Kier alpha value is -2.03. The summed E-state index contributed by atoms with van der Waals surface area (Å²) in [5.74, 6) is 1.83. The molecule has 0 N–H and O–H groups in total. The normalized spacial score (nSPS) is 38.0. The average molecular weight is 639 g/mol. The average Bonchev–Trinajstić information content (AvgIpc) is 3.41. The Kier molecular flexibility index (Phi) is 12.6. The van der Waals surface area contributed by atoms with Crippen LogP contribution in [-0.2, 0) is 35.1 Å². The predicted molar refractivity (Wildman–Crippen MR) is 180 cm³/mol. The first-order valence-electron chi connectivity index (χ1n) is 17.9. The number of rotatable bonds is 14. The summed E-state index contributed by atoms with van der Waals surface area (Å²) in [7, 11) is 1.68. The third-order valence-corrected chi connectivity index (χ3v) is 11.0. The van der Waals surface area contributed by atoms with E-state index in [1.165, 1.54) is 0 Å². The van der Waals surface area contributed by atoms with Crippen LogP contribution >= 0.6 is 0 Å². The second-order valence-corrected chi connectivity index (χ2v) is 14.5. The number of benzene rings is 1. The second kappa shape index (κ2) is 16.4. The smallest absolute Gasteiger partial charge is 0.120 e.